The predicted octanol–water partition coefficient (Wildman–Crippen LogP) is 3.84. The van der Waals surface area contributed by atoms with Crippen LogP contribution in [0, 0.1) is 5.82 Å². The molecule has 1 aliphatic rings. The van der Waals surface area contributed by atoms with Crippen LogP contribution in [0.3, 0.4) is 0 Å². The molecule has 2 heterocycles. The minimum Gasteiger partial charge on any atom is -0.326 e. The van der Waals surface area contributed by atoms with Gasteiger partial charge in [0.2, 0.25) is 5.91 Å². The molecule has 4 rings (SSSR count). The Kier molecular flexibility index (Phi) is 4.50. The maximum absolute atomic E-state index is 13.1. The first-order chi connectivity index (χ1) is 12.5. The number of nitrogens with one attached hydrogen (secondary N) is 2. The molecule has 0 saturated carbocycles. The van der Waals surface area contributed by atoms with Gasteiger partial charge in [-0.25, -0.2) is 9.37 Å². The number of anilines is 1. The van der Waals surface area contributed by atoms with Crippen molar-refractivity contribution >= 4 is 44.7 Å². The maximum Gasteiger partial charge on any atom is 0.259 e. The standard InChI is InChI=1S/C18H15ClFN3O2S/c19-11-8-9(4-5-12(11)20)21-15(24)7-6-14-22-17(25)16-10-2-1-3-13(10)26-18(16)23-14/h4-5,8H,1-3,6-7H2,(H,21,24)(H,22,23,25). The van der Waals surface area contributed by atoms with E-state index in [-0.39, 0.29) is 22.9 Å². The number of fused-ring (bicyclic) bond motifs is 3. The fourth-order valence-corrected chi connectivity index (χ4v) is 4.66. The van der Waals surface area contributed by atoms with Gasteiger partial charge in [-0.3, -0.25) is 9.59 Å². The lowest BCUT2D eigenvalue weighted by Gasteiger charge is -2.06. The van der Waals surface area contributed by atoms with Crippen molar-refractivity contribution in [3.63, 3.8) is 0 Å². The van der Waals surface area contributed by atoms with Gasteiger partial charge in [0, 0.05) is 23.4 Å². The molecule has 0 radical (unpaired) electrons. The Morgan fingerprint density at radius 2 is 2.23 bits per heavy atom. The van der Waals surface area contributed by atoms with E-state index in [1.54, 1.807) is 11.3 Å². The van der Waals surface area contributed by atoms with E-state index in [0.717, 1.165) is 29.7 Å². The first kappa shape index (κ1) is 17.2. The summed E-state index contributed by atoms with van der Waals surface area (Å²) in [5.74, 6) is -0.304. The first-order valence-electron chi connectivity index (χ1n) is 8.29. The van der Waals surface area contributed by atoms with Gasteiger partial charge in [-0.15, -0.1) is 11.3 Å². The van der Waals surface area contributed by atoms with Gasteiger partial charge < -0.3 is 10.3 Å². The van der Waals surface area contributed by atoms with E-state index in [9.17, 15) is 14.0 Å². The SMILES string of the molecule is O=C(CCc1nc2sc3c(c2c(=O)[nH]1)CCC3)Nc1ccc(F)c(Cl)c1. The third kappa shape index (κ3) is 3.24. The maximum atomic E-state index is 13.1. The van der Waals surface area contributed by atoms with E-state index in [4.69, 9.17) is 11.6 Å². The van der Waals surface area contributed by atoms with Gasteiger partial charge in [0.25, 0.3) is 5.56 Å². The van der Waals surface area contributed by atoms with E-state index >= 15 is 0 Å². The van der Waals surface area contributed by atoms with Crippen molar-refractivity contribution in [3.05, 3.63) is 55.7 Å². The number of aryl methyl sites for hydroxylation is 3. The number of amides is 1. The van der Waals surface area contributed by atoms with Gasteiger partial charge in [0.1, 0.15) is 16.5 Å². The highest BCUT2D eigenvalue weighted by Gasteiger charge is 2.21. The van der Waals surface area contributed by atoms with Crippen LogP contribution >= 0.6 is 22.9 Å². The Labute approximate surface area is 157 Å². The van der Waals surface area contributed by atoms with Crippen molar-refractivity contribution in [2.24, 2.45) is 0 Å². The Morgan fingerprint density at radius 1 is 1.38 bits per heavy atom. The molecule has 0 bridgehead atoms. The molecule has 0 fully saturated rings. The smallest absolute Gasteiger partial charge is 0.259 e. The van der Waals surface area contributed by atoms with E-state index < -0.39 is 5.82 Å². The molecule has 26 heavy (non-hydrogen) atoms. The number of H-pyrrole nitrogens is 1. The molecule has 3 aromatic rings. The zero-order valence-electron chi connectivity index (χ0n) is 13.7. The van der Waals surface area contributed by atoms with Gasteiger partial charge in [-0.1, -0.05) is 11.6 Å². The molecule has 1 aliphatic carbocycles. The lowest BCUT2D eigenvalue weighted by atomic mass is 10.2. The van der Waals surface area contributed by atoms with Crippen molar-refractivity contribution < 1.29 is 9.18 Å². The first-order valence-corrected chi connectivity index (χ1v) is 9.49. The molecule has 0 spiro atoms. The monoisotopic (exact) mass is 391 g/mol. The second-order valence-corrected chi connectivity index (χ2v) is 7.72. The molecule has 8 heteroatoms. The summed E-state index contributed by atoms with van der Waals surface area (Å²) in [6.07, 6.45) is 3.49. The molecule has 1 amide bonds. The number of aromatic amines is 1. The number of benzene rings is 1. The molecule has 5 nitrogen and oxygen atoms in total. The van der Waals surface area contributed by atoms with E-state index in [1.807, 2.05) is 0 Å². The quantitative estimate of drug-likeness (QED) is 0.709. The second-order valence-electron chi connectivity index (χ2n) is 6.23. The van der Waals surface area contributed by atoms with Crippen molar-refractivity contribution in [1.82, 2.24) is 9.97 Å². The summed E-state index contributed by atoms with van der Waals surface area (Å²) in [7, 11) is 0. The van der Waals surface area contributed by atoms with Crippen molar-refractivity contribution in [2.45, 2.75) is 32.1 Å². The van der Waals surface area contributed by atoms with Crippen LogP contribution in [-0.4, -0.2) is 15.9 Å². The minimum atomic E-state index is -0.539. The normalized spacial score (nSPS) is 13.2. The van der Waals surface area contributed by atoms with E-state index in [1.165, 1.54) is 23.1 Å². The Hall–Kier alpha value is -2.25. The number of halogens is 2. The highest BCUT2D eigenvalue weighted by atomic mass is 35.5. The fourth-order valence-electron chi connectivity index (χ4n) is 3.19. The van der Waals surface area contributed by atoms with Gasteiger partial charge in [0.15, 0.2) is 0 Å². The summed E-state index contributed by atoms with van der Waals surface area (Å²) in [6.45, 7) is 0. The van der Waals surface area contributed by atoms with Crippen LogP contribution in [0.25, 0.3) is 10.2 Å². The third-order valence-corrected chi connectivity index (χ3v) is 5.89. The van der Waals surface area contributed by atoms with E-state index in [2.05, 4.69) is 15.3 Å². The Morgan fingerprint density at radius 3 is 3.04 bits per heavy atom. The fraction of sp³-hybridized carbons (Fsp3) is 0.278. The summed E-state index contributed by atoms with van der Waals surface area (Å²) < 4.78 is 13.1. The van der Waals surface area contributed by atoms with Gasteiger partial charge in [0.05, 0.1) is 10.4 Å². The molecule has 0 saturated heterocycles. The molecule has 2 N–H and O–H groups in total. The van der Waals surface area contributed by atoms with Crippen LogP contribution in [0.4, 0.5) is 10.1 Å². The number of aromatic nitrogens is 2. The highest BCUT2D eigenvalue weighted by molar-refractivity contribution is 7.18. The Balaban J connectivity index is 1.46. The number of hydrogen-bond acceptors (Lipinski definition) is 4. The van der Waals surface area contributed by atoms with Crippen LogP contribution < -0.4 is 10.9 Å². The van der Waals surface area contributed by atoms with Crippen molar-refractivity contribution in [3.8, 4) is 0 Å². The van der Waals surface area contributed by atoms with Crippen LogP contribution in [0.1, 0.15) is 29.1 Å². The molecule has 2 aromatic heterocycles. The van der Waals surface area contributed by atoms with Crippen LogP contribution in [-0.2, 0) is 24.1 Å². The summed E-state index contributed by atoms with van der Waals surface area (Å²) in [4.78, 5) is 33.8. The average molecular weight is 392 g/mol. The number of carbonyl (C=O) groups is 1. The zero-order valence-corrected chi connectivity index (χ0v) is 15.3. The van der Waals surface area contributed by atoms with Crippen molar-refractivity contribution in [2.75, 3.05) is 5.32 Å². The summed E-state index contributed by atoms with van der Waals surface area (Å²) in [5, 5.41) is 3.31. The van der Waals surface area contributed by atoms with E-state index in [0.29, 0.717) is 23.3 Å². The Bertz CT molecular complexity index is 1080. The van der Waals surface area contributed by atoms with Crippen LogP contribution in [0.5, 0.6) is 0 Å². The van der Waals surface area contributed by atoms with Crippen molar-refractivity contribution in [1.29, 1.82) is 0 Å². The molecule has 0 aliphatic heterocycles. The van der Waals surface area contributed by atoms with Gasteiger partial charge >= 0.3 is 0 Å². The summed E-state index contributed by atoms with van der Waals surface area (Å²) in [5.41, 5.74) is 1.43. The zero-order chi connectivity index (χ0) is 18.3. The number of rotatable bonds is 4. The molecule has 0 unspecified atom stereocenters. The highest BCUT2D eigenvalue weighted by Crippen LogP contribution is 2.34. The van der Waals surface area contributed by atoms with Crippen LogP contribution in [0.15, 0.2) is 23.0 Å². The number of carbonyl (C=O) groups excluding carboxylic acids is 1. The number of thiophene rings is 1. The summed E-state index contributed by atoms with van der Waals surface area (Å²) in [6, 6.07) is 3.99. The molecule has 1 aromatic carbocycles. The predicted molar refractivity (Wildman–Crippen MR) is 101 cm³/mol. The average Bonchev–Trinajstić information content (AvgIpc) is 3.17. The third-order valence-electron chi connectivity index (χ3n) is 4.42. The lowest BCUT2D eigenvalue weighted by molar-refractivity contribution is -0.116. The van der Waals surface area contributed by atoms with Crippen LogP contribution in [0.2, 0.25) is 5.02 Å². The number of hydrogen-bond donors (Lipinski definition) is 2. The minimum absolute atomic E-state index is 0.0509. The topological polar surface area (TPSA) is 74.8 Å². The molecule has 134 valence electrons. The molecule has 0 atom stereocenters. The number of nitrogens with zero attached hydrogens (tertiary/aromatic N) is 1. The molecular formula is C18H15ClFN3O2S. The molecular weight excluding hydrogens is 377 g/mol. The van der Waals surface area contributed by atoms with Gasteiger partial charge in [-0.2, -0.15) is 0 Å². The summed E-state index contributed by atoms with van der Waals surface area (Å²) >= 11 is 7.27. The van der Waals surface area contributed by atoms with Gasteiger partial charge in [-0.05, 0) is 43.0 Å². The second kappa shape index (κ2) is 6.81. The largest absolute Gasteiger partial charge is 0.326 e. The lowest BCUT2D eigenvalue weighted by Crippen LogP contribution is -2.16.